The number of ether oxygens (including phenoxy) is 1. The third-order valence-corrected chi connectivity index (χ3v) is 4.33. The van der Waals surface area contributed by atoms with Crippen molar-refractivity contribution in [1.82, 2.24) is 5.32 Å². The Kier molecular flexibility index (Phi) is 5.68. The normalized spacial score (nSPS) is 22.7. The Hall–Kier alpha value is -1.26. The van der Waals surface area contributed by atoms with Crippen LogP contribution in [0.3, 0.4) is 0 Å². The number of rotatable bonds is 6. The number of hydrogen-bond acceptors (Lipinski definition) is 4. The van der Waals surface area contributed by atoms with Gasteiger partial charge >= 0.3 is 0 Å². The highest BCUT2D eigenvalue weighted by Crippen LogP contribution is 2.31. The monoisotopic (exact) mass is 279 g/mol. The molecule has 2 rings (SSSR count). The first-order valence-corrected chi connectivity index (χ1v) is 7.42. The van der Waals surface area contributed by atoms with Gasteiger partial charge in [-0.05, 0) is 37.3 Å². The quantitative estimate of drug-likeness (QED) is 0.747. The predicted molar refractivity (Wildman–Crippen MR) is 78.9 cm³/mol. The van der Waals surface area contributed by atoms with Gasteiger partial charge in [-0.1, -0.05) is 25.0 Å². The number of benzene rings is 1. The van der Waals surface area contributed by atoms with Crippen LogP contribution in [0.25, 0.3) is 0 Å². The zero-order valence-electron chi connectivity index (χ0n) is 12.1. The highest BCUT2D eigenvalue weighted by Gasteiger charge is 2.23. The molecule has 1 aliphatic rings. The average molecular weight is 279 g/mol. The molecule has 20 heavy (non-hydrogen) atoms. The van der Waals surface area contributed by atoms with E-state index < -0.39 is 0 Å². The number of aliphatic hydroxyl groups excluding tert-OH is 1. The van der Waals surface area contributed by atoms with Crippen molar-refractivity contribution >= 4 is 0 Å². The number of hydrogen-bond donors (Lipinski definition) is 3. The van der Waals surface area contributed by atoms with E-state index >= 15 is 0 Å². The summed E-state index contributed by atoms with van der Waals surface area (Å²) in [6, 6.07) is 5.53. The van der Waals surface area contributed by atoms with Crippen molar-refractivity contribution in [3.05, 3.63) is 23.8 Å². The fourth-order valence-corrected chi connectivity index (χ4v) is 3.06. The lowest BCUT2D eigenvalue weighted by atomic mass is 9.79. The fraction of sp³-hybridized carbons (Fsp3) is 0.625. The van der Waals surface area contributed by atoms with Gasteiger partial charge in [0.2, 0.25) is 0 Å². The number of phenolic OH excluding ortho intramolecular Hbond substituents is 1. The van der Waals surface area contributed by atoms with Crippen LogP contribution in [-0.2, 0) is 6.54 Å². The molecular formula is C16H25NO3. The van der Waals surface area contributed by atoms with Gasteiger partial charge in [-0.15, -0.1) is 0 Å². The number of para-hydroxylation sites is 1. The van der Waals surface area contributed by atoms with Crippen LogP contribution in [-0.4, -0.2) is 30.5 Å². The van der Waals surface area contributed by atoms with Gasteiger partial charge in [0.15, 0.2) is 11.5 Å². The van der Waals surface area contributed by atoms with Gasteiger partial charge in [-0.25, -0.2) is 0 Å². The second-order valence-electron chi connectivity index (χ2n) is 5.59. The number of nitrogens with one attached hydrogen (secondary N) is 1. The van der Waals surface area contributed by atoms with Crippen molar-refractivity contribution in [2.24, 2.45) is 11.8 Å². The molecule has 0 amide bonds. The summed E-state index contributed by atoms with van der Waals surface area (Å²) >= 11 is 0. The topological polar surface area (TPSA) is 61.7 Å². The maximum atomic E-state index is 10.0. The molecule has 4 heteroatoms. The second-order valence-corrected chi connectivity index (χ2v) is 5.59. The summed E-state index contributed by atoms with van der Waals surface area (Å²) < 4.78 is 5.11. The summed E-state index contributed by atoms with van der Waals surface area (Å²) in [6.45, 7) is 1.80. The van der Waals surface area contributed by atoms with Crippen LogP contribution in [0.2, 0.25) is 0 Å². The molecule has 0 spiro atoms. The molecule has 112 valence electrons. The molecular weight excluding hydrogens is 254 g/mol. The van der Waals surface area contributed by atoms with Gasteiger partial charge in [0.05, 0.1) is 7.11 Å². The van der Waals surface area contributed by atoms with E-state index in [0.29, 0.717) is 24.1 Å². The van der Waals surface area contributed by atoms with Crippen molar-refractivity contribution in [1.29, 1.82) is 0 Å². The lowest BCUT2D eigenvalue weighted by Gasteiger charge is -2.30. The SMILES string of the molecule is COc1cccc(CNCC2CCCCC2CO)c1O. The number of methoxy groups -OCH3 is 1. The lowest BCUT2D eigenvalue weighted by molar-refractivity contribution is 0.133. The van der Waals surface area contributed by atoms with Crippen molar-refractivity contribution in [2.75, 3.05) is 20.3 Å². The third-order valence-electron chi connectivity index (χ3n) is 4.33. The molecule has 1 aliphatic carbocycles. The van der Waals surface area contributed by atoms with Crippen LogP contribution in [0.4, 0.5) is 0 Å². The van der Waals surface area contributed by atoms with Crippen molar-refractivity contribution in [2.45, 2.75) is 32.2 Å². The standard InChI is InChI=1S/C16H25NO3/c1-20-15-8-4-7-13(16(15)19)10-17-9-12-5-2-3-6-14(12)11-18/h4,7-8,12,14,17-19H,2-3,5-6,9-11H2,1H3. The largest absolute Gasteiger partial charge is 0.504 e. The van der Waals surface area contributed by atoms with E-state index in [-0.39, 0.29) is 12.4 Å². The molecule has 4 nitrogen and oxygen atoms in total. The summed E-state index contributed by atoms with van der Waals surface area (Å²) in [5, 5.41) is 22.8. The zero-order valence-corrected chi connectivity index (χ0v) is 12.1. The van der Waals surface area contributed by atoms with E-state index in [1.54, 1.807) is 13.2 Å². The minimum Gasteiger partial charge on any atom is -0.504 e. The molecule has 0 aromatic heterocycles. The molecule has 0 saturated heterocycles. The van der Waals surface area contributed by atoms with Crippen LogP contribution in [0.1, 0.15) is 31.2 Å². The Morgan fingerprint density at radius 2 is 2.00 bits per heavy atom. The molecule has 3 N–H and O–H groups in total. The van der Waals surface area contributed by atoms with Gasteiger partial charge in [0.1, 0.15) is 0 Å². The molecule has 1 fully saturated rings. The maximum absolute atomic E-state index is 10.0. The maximum Gasteiger partial charge on any atom is 0.162 e. The van der Waals surface area contributed by atoms with Gasteiger partial charge in [0, 0.05) is 18.7 Å². The first-order chi connectivity index (χ1) is 9.76. The Morgan fingerprint density at radius 1 is 1.25 bits per heavy atom. The van der Waals surface area contributed by atoms with E-state index in [4.69, 9.17) is 4.74 Å². The lowest BCUT2D eigenvalue weighted by Crippen LogP contribution is -2.32. The summed E-state index contributed by atoms with van der Waals surface area (Å²) in [6.07, 6.45) is 4.81. The Morgan fingerprint density at radius 3 is 2.70 bits per heavy atom. The van der Waals surface area contributed by atoms with Gasteiger partial charge in [0.25, 0.3) is 0 Å². The van der Waals surface area contributed by atoms with Crippen molar-refractivity contribution in [3.63, 3.8) is 0 Å². The molecule has 0 radical (unpaired) electrons. The number of aliphatic hydroxyl groups is 1. The molecule has 1 aromatic carbocycles. The predicted octanol–water partition coefficient (Wildman–Crippen LogP) is 2.29. The molecule has 2 unspecified atom stereocenters. The summed E-state index contributed by atoms with van der Waals surface area (Å²) in [5.74, 6) is 1.69. The van der Waals surface area contributed by atoms with E-state index in [1.165, 1.54) is 19.3 Å². The van der Waals surface area contributed by atoms with Crippen LogP contribution in [0.5, 0.6) is 11.5 Å². The number of phenols is 1. The van der Waals surface area contributed by atoms with E-state index in [9.17, 15) is 10.2 Å². The summed E-state index contributed by atoms with van der Waals surface area (Å²) in [4.78, 5) is 0. The molecule has 0 aliphatic heterocycles. The third kappa shape index (κ3) is 3.64. The first-order valence-electron chi connectivity index (χ1n) is 7.42. The smallest absolute Gasteiger partial charge is 0.162 e. The van der Waals surface area contributed by atoms with E-state index in [1.807, 2.05) is 12.1 Å². The second kappa shape index (κ2) is 7.50. The van der Waals surface area contributed by atoms with Gasteiger partial charge < -0.3 is 20.3 Å². The summed E-state index contributed by atoms with van der Waals surface area (Å²) in [7, 11) is 1.56. The molecule has 1 saturated carbocycles. The minimum atomic E-state index is 0.213. The van der Waals surface area contributed by atoms with Crippen molar-refractivity contribution in [3.8, 4) is 11.5 Å². The highest BCUT2D eigenvalue weighted by molar-refractivity contribution is 5.45. The van der Waals surface area contributed by atoms with Gasteiger partial charge in [-0.3, -0.25) is 0 Å². The Balaban J connectivity index is 1.86. The summed E-state index contributed by atoms with van der Waals surface area (Å²) in [5.41, 5.74) is 0.848. The minimum absolute atomic E-state index is 0.213. The average Bonchev–Trinajstić information content (AvgIpc) is 2.49. The van der Waals surface area contributed by atoms with Crippen molar-refractivity contribution < 1.29 is 14.9 Å². The molecule has 0 bridgehead atoms. The zero-order chi connectivity index (χ0) is 14.4. The number of aromatic hydroxyl groups is 1. The molecule has 1 aromatic rings. The molecule has 0 heterocycles. The van der Waals surface area contributed by atoms with E-state index in [2.05, 4.69) is 5.32 Å². The van der Waals surface area contributed by atoms with E-state index in [0.717, 1.165) is 18.5 Å². The molecule has 2 atom stereocenters. The highest BCUT2D eigenvalue weighted by atomic mass is 16.5. The van der Waals surface area contributed by atoms with Crippen LogP contribution in [0.15, 0.2) is 18.2 Å². The first kappa shape index (κ1) is 15.1. The van der Waals surface area contributed by atoms with Crippen LogP contribution < -0.4 is 10.1 Å². The Bertz CT molecular complexity index is 422. The van der Waals surface area contributed by atoms with Crippen LogP contribution in [0, 0.1) is 11.8 Å². The Labute approximate surface area is 120 Å². The van der Waals surface area contributed by atoms with Crippen LogP contribution >= 0.6 is 0 Å². The fourth-order valence-electron chi connectivity index (χ4n) is 3.06. The van der Waals surface area contributed by atoms with Gasteiger partial charge in [-0.2, -0.15) is 0 Å².